The van der Waals surface area contributed by atoms with Crippen LogP contribution in [0.25, 0.3) is 0 Å². The summed E-state index contributed by atoms with van der Waals surface area (Å²) in [6.07, 6.45) is 2.85. The minimum absolute atomic E-state index is 0.496. The predicted molar refractivity (Wildman–Crippen MR) is 60.3 cm³/mol. The molecule has 1 atom stereocenters. The zero-order chi connectivity index (χ0) is 9.97. The summed E-state index contributed by atoms with van der Waals surface area (Å²) in [5, 5.41) is 3.59. The number of rotatable bonds is 4. The van der Waals surface area contributed by atoms with Crippen molar-refractivity contribution in [2.75, 3.05) is 6.54 Å². The highest BCUT2D eigenvalue weighted by Gasteiger charge is 2.21. The molecule has 1 aromatic carbocycles. The van der Waals surface area contributed by atoms with Crippen LogP contribution in [0.15, 0.2) is 24.3 Å². The molecule has 0 aliphatic heterocycles. The first-order valence-electron chi connectivity index (χ1n) is 5.55. The third kappa shape index (κ3) is 2.58. The van der Waals surface area contributed by atoms with E-state index in [1.54, 1.807) is 0 Å². The van der Waals surface area contributed by atoms with E-state index in [-0.39, 0.29) is 0 Å². The number of hydrogen-bond acceptors (Lipinski definition) is 1. The van der Waals surface area contributed by atoms with Crippen LogP contribution in [0.5, 0.6) is 0 Å². The second-order valence-corrected chi connectivity index (χ2v) is 4.49. The van der Waals surface area contributed by atoms with Gasteiger partial charge in [0, 0.05) is 6.04 Å². The topological polar surface area (TPSA) is 12.0 Å². The quantitative estimate of drug-likeness (QED) is 0.767. The summed E-state index contributed by atoms with van der Waals surface area (Å²) in [5.74, 6) is 0.960. The molecule has 0 spiro atoms. The lowest BCUT2D eigenvalue weighted by Gasteiger charge is -2.14. The zero-order valence-electron chi connectivity index (χ0n) is 9.09. The third-order valence-corrected chi connectivity index (χ3v) is 2.95. The molecular weight excluding hydrogens is 170 g/mol. The Morgan fingerprint density at radius 2 is 2.21 bits per heavy atom. The van der Waals surface area contributed by atoms with Gasteiger partial charge in [-0.25, -0.2) is 0 Å². The van der Waals surface area contributed by atoms with E-state index in [0.717, 1.165) is 5.92 Å². The number of benzene rings is 1. The van der Waals surface area contributed by atoms with Gasteiger partial charge in [-0.2, -0.15) is 0 Å². The first-order chi connectivity index (χ1) is 6.75. The van der Waals surface area contributed by atoms with Crippen molar-refractivity contribution in [3.63, 3.8) is 0 Å². The minimum Gasteiger partial charge on any atom is -0.310 e. The van der Waals surface area contributed by atoms with Crippen molar-refractivity contribution in [2.24, 2.45) is 5.92 Å². The van der Waals surface area contributed by atoms with Gasteiger partial charge in [0.05, 0.1) is 0 Å². The molecule has 14 heavy (non-hydrogen) atoms. The Morgan fingerprint density at radius 3 is 2.86 bits per heavy atom. The molecule has 0 heterocycles. The van der Waals surface area contributed by atoms with Crippen LogP contribution in [0.2, 0.25) is 0 Å². The molecule has 1 N–H and O–H groups in total. The molecule has 0 saturated heterocycles. The van der Waals surface area contributed by atoms with Crippen molar-refractivity contribution >= 4 is 0 Å². The molecule has 1 heteroatoms. The van der Waals surface area contributed by atoms with E-state index in [9.17, 15) is 0 Å². The standard InChI is InChI=1S/C13H19N/c1-10-4-3-5-13(8-10)11(2)14-9-12-6-7-12/h3-5,8,11-12,14H,6-7,9H2,1-2H3/t11-/m1/s1. The molecule has 1 nitrogen and oxygen atoms in total. The highest BCUT2D eigenvalue weighted by molar-refractivity contribution is 5.24. The Labute approximate surface area is 86.5 Å². The lowest BCUT2D eigenvalue weighted by molar-refractivity contribution is 0.548. The Morgan fingerprint density at radius 1 is 1.43 bits per heavy atom. The maximum absolute atomic E-state index is 3.59. The smallest absolute Gasteiger partial charge is 0.0292 e. The van der Waals surface area contributed by atoms with E-state index < -0.39 is 0 Å². The van der Waals surface area contributed by atoms with Crippen molar-refractivity contribution in [2.45, 2.75) is 32.7 Å². The fourth-order valence-corrected chi connectivity index (χ4v) is 1.72. The first-order valence-corrected chi connectivity index (χ1v) is 5.55. The molecule has 2 rings (SSSR count). The van der Waals surface area contributed by atoms with Crippen LogP contribution in [0.1, 0.15) is 36.9 Å². The Hall–Kier alpha value is -0.820. The molecule has 0 amide bonds. The third-order valence-electron chi connectivity index (χ3n) is 2.95. The highest BCUT2D eigenvalue weighted by atomic mass is 14.9. The fourth-order valence-electron chi connectivity index (χ4n) is 1.72. The van der Waals surface area contributed by atoms with Crippen LogP contribution in [-0.2, 0) is 0 Å². The van der Waals surface area contributed by atoms with Crippen molar-refractivity contribution < 1.29 is 0 Å². The second kappa shape index (κ2) is 4.14. The summed E-state index contributed by atoms with van der Waals surface area (Å²) in [6, 6.07) is 9.26. The van der Waals surface area contributed by atoms with Crippen LogP contribution in [0, 0.1) is 12.8 Å². The Balaban J connectivity index is 1.91. The van der Waals surface area contributed by atoms with E-state index >= 15 is 0 Å². The number of hydrogen-bond donors (Lipinski definition) is 1. The van der Waals surface area contributed by atoms with Gasteiger partial charge >= 0.3 is 0 Å². The van der Waals surface area contributed by atoms with Crippen molar-refractivity contribution in [1.82, 2.24) is 5.32 Å². The van der Waals surface area contributed by atoms with Gasteiger partial charge in [-0.05, 0) is 44.7 Å². The lowest BCUT2D eigenvalue weighted by atomic mass is 10.1. The van der Waals surface area contributed by atoms with Gasteiger partial charge in [-0.3, -0.25) is 0 Å². The van der Waals surface area contributed by atoms with Crippen LogP contribution >= 0.6 is 0 Å². The molecule has 1 fully saturated rings. The van der Waals surface area contributed by atoms with Gasteiger partial charge in [-0.1, -0.05) is 29.8 Å². The summed E-state index contributed by atoms with van der Waals surface area (Å²) in [7, 11) is 0. The molecule has 1 aromatic rings. The van der Waals surface area contributed by atoms with Gasteiger partial charge < -0.3 is 5.32 Å². The molecule has 0 bridgehead atoms. The Kier molecular flexibility index (Phi) is 2.87. The summed E-state index contributed by atoms with van der Waals surface area (Å²) >= 11 is 0. The normalized spacial score (nSPS) is 18.1. The Bertz CT molecular complexity index is 302. The molecular formula is C13H19N. The summed E-state index contributed by atoms with van der Waals surface area (Å²) < 4.78 is 0. The van der Waals surface area contributed by atoms with Crippen LogP contribution < -0.4 is 5.32 Å². The van der Waals surface area contributed by atoms with Gasteiger partial charge in [0.1, 0.15) is 0 Å². The average molecular weight is 189 g/mol. The largest absolute Gasteiger partial charge is 0.310 e. The zero-order valence-corrected chi connectivity index (χ0v) is 9.09. The van der Waals surface area contributed by atoms with Crippen molar-refractivity contribution in [3.8, 4) is 0 Å². The van der Waals surface area contributed by atoms with Crippen LogP contribution in [0.4, 0.5) is 0 Å². The molecule has 1 saturated carbocycles. The van der Waals surface area contributed by atoms with E-state index in [0.29, 0.717) is 6.04 Å². The summed E-state index contributed by atoms with van der Waals surface area (Å²) in [5.41, 5.74) is 2.76. The number of aryl methyl sites for hydroxylation is 1. The summed E-state index contributed by atoms with van der Waals surface area (Å²) in [6.45, 7) is 5.59. The molecule has 1 aliphatic rings. The van der Waals surface area contributed by atoms with Crippen LogP contribution in [-0.4, -0.2) is 6.54 Å². The molecule has 76 valence electrons. The second-order valence-electron chi connectivity index (χ2n) is 4.49. The summed E-state index contributed by atoms with van der Waals surface area (Å²) in [4.78, 5) is 0. The van der Waals surface area contributed by atoms with Gasteiger partial charge in [-0.15, -0.1) is 0 Å². The van der Waals surface area contributed by atoms with E-state index in [1.807, 2.05) is 0 Å². The minimum atomic E-state index is 0.496. The van der Waals surface area contributed by atoms with Crippen molar-refractivity contribution in [1.29, 1.82) is 0 Å². The monoisotopic (exact) mass is 189 g/mol. The maximum atomic E-state index is 3.59. The first kappa shape index (κ1) is 9.72. The van der Waals surface area contributed by atoms with Gasteiger partial charge in [0.2, 0.25) is 0 Å². The number of nitrogens with one attached hydrogen (secondary N) is 1. The lowest BCUT2D eigenvalue weighted by Crippen LogP contribution is -2.21. The molecule has 1 aliphatic carbocycles. The van der Waals surface area contributed by atoms with E-state index in [2.05, 4.69) is 43.4 Å². The molecule has 0 unspecified atom stereocenters. The van der Waals surface area contributed by atoms with E-state index in [4.69, 9.17) is 0 Å². The van der Waals surface area contributed by atoms with Gasteiger partial charge in [0.25, 0.3) is 0 Å². The average Bonchev–Trinajstić information content (AvgIpc) is 2.97. The molecule has 0 aromatic heterocycles. The van der Waals surface area contributed by atoms with Crippen LogP contribution in [0.3, 0.4) is 0 Å². The SMILES string of the molecule is Cc1cccc([C@@H](C)NCC2CC2)c1. The van der Waals surface area contributed by atoms with Gasteiger partial charge in [0.15, 0.2) is 0 Å². The maximum Gasteiger partial charge on any atom is 0.0292 e. The predicted octanol–water partition coefficient (Wildman–Crippen LogP) is 3.06. The van der Waals surface area contributed by atoms with Crippen molar-refractivity contribution in [3.05, 3.63) is 35.4 Å². The fraction of sp³-hybridized carbons (Fsp3) is 0.538. The van der Waals surface area contributed by atoms with E-state index in [1.165, 1.54) is 30.5 Å². The highest BCUT2D eigenvalue weighted by Crippen LogP contribution is 2.28. The molecule has 0 radical (unpaired) electrons.